The highest BCUT2D eigenvalue weighted by molar-refractivity contribution is 7.89. The number of nitrogens with zero attached hydrogens (tertiary/aromatic N) is 3. The van der Waals surface area contributed by atoms with Gasteiger partial charge in [-0.15, -0.1) is 0 Å². The number of anilines is 1. The summed E-state index contributed by atoms with van der Waals surface area (Å²) in [5.74, 6) is -0.360. The maximum atomic E-state index is 13.2. The van der Waals surface area contributed by atoms with Crippen LogP contribution in [0.1, 0.15) is 28.9 Å². The number of fused-ring (bicyclic) bond motifs is 1. The quantitative estimate of drug-likeness (QED) is 0.476. The normalized spacial score (nSPS) is 14.6. The molecule has 8 nitrogen and oxygen atoms in total. The number of pyridine rings is 1. The number of aryl methyl sites for hydroxylation is 1. The summed E-state index contributed by atoms with van der Waals surface area (Å²) in [6, 6.07) is 17.4. The molecule has 4 aromatic rings. The lowest BCUT2D eigenvalue weighted by atomic mass is 10.1. The summed E-state index contributed by atoms with van der Waals surface area (Å²) in [5.41, 5.74) is 3.16. The highest BCUT2D eigenvalue weighted by Gasteiger charge is 2.27. The van der Waals surface area contributed by atoms with E-state index in [9.17, 15) is 13.2 Å². The Balaban J connectivity index is 1.45. The van der Waals surface area contributed by atoms with E-state index in [1.54, 1.807) is 25.1 Å². The molecule has 33 heavy (non-hydrogen) atoms. The molecule has 2 aromatic carbocycles. The summed E-state index contributed by atoms with van der Waals surface area (Å²) in [5, 5.41) is 7.36. The maximum Gasteiger partial charge on any atom is 0.259 e. The van der Waals surface area contributed by atoms with Crippen molar-refractivity contribution in [2.75, 3.05) is 18.4 Å². The molecule has 5 rings (SSSR count). The Bertz CT molecular complexity index is 1420. The first-order chi connectivity index (χ1) is 15.9. The molecular formula is C24H22N4O4S. The van der Waals surface area contributed by atoms with Crippen LogP contribution in [-0.2, 0) is 10.0 Å². The molecule has 0 aliphatic carbocycles. The first-order valence-corrected chi connectivity index (χ1v) is 12.1. The third kappa shape index (κ3) is 4.01. The second kappa shape index (κ2) is 8.42. The van der Waals surface area contributed by atoms with Gasteiger partial charge in [0.1, 0.15) is 0 Å². The number of nitrogens with one attached hydrogen (secondary N) is 1. The number of benzene rings is 2. The molecule has 0 unspecified atom stereocenters. The first-order valence-electron chi connectivity index (χ1n) is 10.7. The topological polar surface area (TPSA) is 105 Å². The van der Waals surface area contributed by atoms with Crippen molar-refractivity contribution in [2.24, 2.45) is 0 Å². The van der Waals surface area contributed by atoms with Crippen LogP contribution in [0.4, 0.5) is 5.69 Å². The van der Waals surface area contributed by atoms with E-state index in [4.69, 9.17) is 4.52 Å². The third-order valence-corrected chi connectivity index (χ3v) is 7.66. The van der Waals surface area contributed by atoms with E-state index in [0.29, 0.717) is 41.1 Å². The van der Waals surface area contributed by atoms with Gasteiger partial charge in [-0.2, -0.15) is 4.31 Å². The van der Waals surface area contributed by atoms with E-state index < -0.39 is 10.0 Å². The van der Waals surface area contributed by atoms with Gasteiger partial charge in [-0.1, -0.05) is 35.5 Å². The van der Waals surface area contributed by atoms with Crippen LogP contribution in [0.15, 0.2) is 70.1 Å². The molecule has 0 radical (unpaired) electrons. The van der Waals surface area contributed by atoms with Crippen molar-refractivity contribution >= 4 is 32.7 Å². The number of rotatable bonds is 5. The van der Waals surface area contributed by atoms with Crippen LogP contribution in [-0.4, -0.2) is 41.9 Å². The molecule has 2 aromatic heterocycles. The van der Waals surface area contributed by atoms with E-state index in [-0.39, 0.29) is 16.5 Å². The zero-order chi connectivity index (χ0) is 23.0. The molecule has 0 atom stereocenters. The molecule has 0 saturated carbocycles. The summed E-state index contributed by atoms with van der Waals surface area (Å²) in [7, 11) is -3.51. The Morgan fingerprint density at radius 3 is 2.42 bits per heavy atom. The fraction of sp³-hybridized carbons (Fsp3) is 0.208. The number of aromatic nitrogens is 2. The molecule has 1 N–H and O–H groups in total. The number of amides is 1. The van der Waals surface area contributed by atoms with Crippen LogP contribution in [0.3, 0.4) is 0 Å². The largest absolute Gasteiger partial charge is 0.335 e. The van der Waals surface area contributed by atoms with Gasteiger partial charge in [0.25, 0.3) is 11.6 Å². The zero-order valence-electron chi connectivity index (χ0n) is 18.0. The minimum Gasteiger partial charge on any atom is -0.335 e. The van der Waals surface area contributed by atoms with E-state index in [0.717, 1.165) is 18.4 Å². The molecule has 3 heterocycles. The van der Waals surface area contributed by atoms with Crippen molar-refractivity contribution in [3.05, 3.63) is 71.9 Å². The molecule has 1 aliphatic rings. The zero-order valence-corrected chi connectivity index (χ0v) is 18.8. The Hall–Kier alpha value is -3.56. The average molecular weight is 463 g/mol. The van der Waals surface area contributed by atoms with E-state index in [2.05, 4.69) is 15.5 Å². The predicted octanol–water partition coefficient (Wildman–Crippen LogP) is 4.24. The van der Waals surface area contributed by atoms with Gasteiger partial charge in [0, 0.05) is 24.3 Å². The summed E-state index contributed by atoms with van der Waals surface area (Å²) in [4.78, 5) is 17.9. The summed E-state index contributed by atoms with van der Waals surface area (Å²) >= 11 is 0. The molecule has 1 aliphatic heterocycles. The molecular weight excluding hydrogens is 440 g/mol. The summed E-state index contributed by atoms with van der Waals surface area (Å²) < 4.78 is 32.3. The van der Waals surface area contributed by atoms with Crippen molar-refractivity contribution in [3.8, 4) is 11.3 Å². The van der Waals surface area contributed by atoms with Gasteiger partial charge in [0.15, 0.2) is 0 Å². The Morgan fingerprint density at radius 1 is 1.03 bits per heavy atom. The van der Waals surface area contributed by atoms with Crippen molar-refractivity contribution in [1.82, 2.24) is 14.4 Å². The van der Waals surface area contributed by atoms with Crippen LogP contribution in [0.25, 0.3) is 22.4 Å². The lowest BCUT2D eigenvalue weighted by Crippen LogP contribution is -2.27. The molecule has 1 fully saturated rings. The second-order valence-corrected chi connectivity index (χ2v) is 9.90. The first kappa shape index (κ1) is 21.3. The SMILES string of the molecule is Cc1noc2nc(-c3ccccc3)cc(C(=O)Nc3ccc(S(=O)(=O)N4CCCC4)cc3)c12. The number of carbonyl (C=O) groups is 1. The van der Waals surface area contributed by atoms with Crippen LogP contribution in [0, 0.1) is 6.92 Å². The average Bonchev–Trinajstić information content (AvgIpc) is 3.50. The third-order valence-electron chi connectivity index (χ3n) is 5.75. The van der Waals surface area contributed by atoms with Gasteiger partial charge < -0.3 is 9.84 Å². The molecule has 0 bridgehead atoms. The number of carbonyl (C=O) groups excluding carboxylic acids is 1. The van der Waals surface area contributed by atoms with Gasteiger partial charge in [-0.05, 0) is 50.1 Å². The lowest BCUT2D eigenvalue weighted by Gasteiger charge is -2.15. The van der Waals surface area contributed by atoms with Crippen molar-refractivity contribution < 1.29 is 17.7 Å². The molecule has 0 spiro atoms. The minimum absolute atomic E-state index is 0.218. The maximum absolute atomic E-state index is 13.2. The highest BCUT2D eigenvalue weighted by Crippen LogP contribution is 2.28. The monoisotopic (exact) mass is 462 g/mol. The predicted molar refractivity (Wildman–Crippen MR) is 124 cm³/mol. The molecule has 9 heteroatoms. The Kier molecular flexibility index (Phi) is 5.43. The number of hydrogen-bond acceptors (Lipinski definition) is 6. The van der Waals surface area contributed by atoms with Gasteiger partial charge in [-0.3, -0.25) is 4.79 Å². The van der Waals surface area contributed by atoms with Crippen molar-refractivity contribution in [1.29, 1.82) is 0 Å². The second-order valence-electron chi connectivity index (χ2n) is 7.96. The summed E-state index contributed by atoms with van der Waals surface area (Å²) in [6.45, 7) is 2.84. The standard InChI is InChI=1S/C24H22N4O4S/c1-16-22-20(15-21(26-24(22)32-27-16)17-7-3-2-4-8-17)23(29)25-18-9-11-19(12-10-18)33(30,31)28-13-5-6-14-28/h2-4,7-12,15H,5-6,13-14H2,1H3,(H,25,29). The molecule has 1 saturated heterocycles. The summed E-state index contributed by atoms with van der Waals surface area (Å²) in [6.07, 6.45) is 1.75. The van der Waals surface area contributed by atoms with Gasteiger partial charge in [-0.25, -0.2) is 13.4 Å². The fourth-order valence-corrected chi connectivity index (χ4v) is 5.53. The lowest BCUT2D eigenvalue weighted by molar-refractivity contribution is 0.102. The van der Waals surface area contributed by atoms with E-state index >= 15 is 0 Å². The van der Waals surface area contributed by atoms with Crippen molar-refractivity contribution in [3.63, 3.8) is 0 Å². The minimum atomic E-state index is -3.51. The smallest absolute Gasteiger partial charge is 0.259 e. The van der Waals surface area contributed by atoms with Crippen LogP contribution < -0.4 is 5.32 Å². The number of sulfonamides is 1. The van der Waals surface area contributed by atoms with Crippen LogP contribution in [0.5, 0.6) is 0 Å². The van der Waals surface area contributed by atoms with Crippen LogP contribution in [0.2, 0.25) is 0 Å². The fourth-order valence-electron chi connectivity index (χ4n) is 4.02. The Morgan fingerprint density at radius 2 is 1.73 bits per heavy atom. The van der Waals surface area contributed by atoms with Crippen LogP contribution >= 0.6 is 0 Å². The number of hydrogen-bond donors (Lipinski definition) is 1. The highest BCUT2D eigenvalue weighted by atomic mass is 32.2. The molecule has 1 amide bonds. The molecule has 168 valence electrons. The van der Waals surface area contributed by atoms with Crippen molar-refractivity contribution in [2.45, 2.75) is 24.7 Å². The van der Waals surface area contributed by atoms with E-state index in [1.807, 2.05) is 30.3 Å². The van der Waals surface area contributed by atoms with Gasteiger partial charge in [0.05, 0.1) is 27.2 Å². The van der Waals surface area contributed by atoms with Gasteiger partial charge >= 0.3 is 0 Å². The van der Waals surface area contributed by atoms with E-state index in [1.165, 1.54) is 16.4 Å². The Labute approximate surface area is 191 Å². The van der Waals surface area contributed by atoms with Gasteiger partial charge in [0.2, 0.25) is 10.0 Å².